The summed E-state index contributed by atoms with van der Waals surface area (Å²) in [6.07, 6.45) is 0. The van der Waals surface area contributed by atoms with E-state index in [2.05, 4.69) is 15.9 Å². The van der Waals surface area contributed by atoms with Crippen molar-refractivity contribution in [3.63, 3.8) is 0 Å². The molecular formula is C13H17BrClNO3S. The lowest BCUT2D eigenvalue weighted by molar-refractivity contribution is -0.144. The van der Waals surface area contributed by atoms with Crippen LogP contribution < -0.4 is 10.5 Å². The molecule has 0 heterocycles. The number of esters is 1. The van der Waals surface area contributed by atoms with Crippen LogP contribution in [-0.2, 0) is 9.53 Å². The molecule has 0 aromatic heterocycles. The SMILES string of the molecule is CCOC(=O)C(N)CSCCOc1ccc(Cl)cc1Br. The zero-order chi connectivity index (χ0) is 15.0. The second-order valence-electron chi connectivity index (χ2n) is 3.86. The Hall–Kier alpha value is -0.430. The van der Waals surface area contributed by atoms with Crippen LogP contribution in [0.15, 0.2) is 22.7 Å². The topological polar surface area (TPSA) is 61.5 Å². The number of carbonyl (C=O) groups is 1. The average Bonchev–Trinajstić information content (AvgIpc) is 2.40. The summed E-state index contributed by atoms with van der Waals surface area (Å²) < 4.78 is 11.2. The molecule has 0 spiro atoms. The van der Waals surface area contributed by atoms with Crippen LogP contribution in [0.3, 0.4) is 0 Å². The molecule has 0 aliphatic rings. The number of benzene rings is 1. The maximum absolute atomic E-state index is 11.3. The van der Waals surface area contributed by atoms with Crippen molar-refractivity contribution in [2.75, 3.05) is 24.7 Å². The van der Waals surface area contributed by atoms with Crippen molar-refractivity contribution in [2.24, 2.45) is 5.73 Å². The Balaban J connectivity index is 2.20. The highest BCUT2D eigenvalue weighted by atomic mass is 79.9. The van der Waals surface area contributed by atoms with Gasteiger partial charge in [0, 0.05) is 16.5 Å². The van der Waals surface area contributed by atoms with Gasteiger partial charge in [-0.15, -0.1) is 0 Å². The molecule has 0 radical (unpaired) electrons. The van der Waals surface area contributed by atoms with Crippen LogP contribution in [0, 0.1) is 0 Å². The third-order valence-electron chi connectivity index (χ3n) is 2.27. The van der Waals surface area contributed by atoms with Gasteiger partial charge in [0.25, 0.3) is 0 Å². The standard InChI is InChI=1S/C13H17BrClNO3S/c1-2-18-13(17)11(16)8-20-6-5-19-12-4-3-9(15)7-10(12)14/h3-4,7,11H,2,5-6,8,16H2,1H3. The molecule has 1 aromatic rings. The number of hydrogen-bond donors (Lipinski definition) is 1. The molecular weight excluding hydrogens is 366 g/mol. The van der Waals surface area contributed by atoms with Crippen molar-refractivity contribution in [3.05, 3.63) is 27.7 Å². The molecule has 0 bridgehead atoms. The van der Waals surface area contributed by atoms with Gasteiger partial charge in [-0.2, -0.15) is 11.8 Å². The Morgan fingerprint density at radius 2 is 2.30 bits per heavy atom. The summed E-state index contributed by atoms with van der Waals surface area (Å²) in [5.41, 5.74) is 5.68. The summed E-state index contributed by atoms with van der Waals surface area (Å²) in [7, 11) is 0. The Bertz CT molecular complexity index is 448. The Morgan fingerprint density at radius 3 is 2.95 bits per heavy atom. The Morgan fingerprint density at radius 1 is 1.55 bits per heavy atom. The maximum Gasteiger partial charge on any atom is 0.323 e. The quantitative estimate of drug-likeness (QED) is 0.553. The Kier molecular flexibility index (Phi) is 8.37. The summed E-state index contributed by atoms with van der Waals surface area (Å²) in [6, 6.07) is 4.77. The van der Waals surface area contributed by atoms with E-state index in [1.807, 2.05) is 0 Å². The van der Waals surface area contributed by atoms with Crippen molar-refractivity contribution >= 4 is 45.3 Å². The van der Waals surface area contributed by atoms with Crippen molar-refractivity contribution in [2.45, 2.75) is 13.0 Å². The molecule has 2 N–H and O–H groups in total. The van der Waals surface area contributed by atoms with E-state index in [0.717, 1.165) is 16.0 Å². The molecule has 0 fully saturated rings. The van der Waals surface area contributed by atoms with Crippen molar-refractivity contribution in [3.8, 4) is 5.75 Å². The fraction of sp³-hybridized carbons (Fsp3) is 0.462. The molecule has 7 heteroatoms. The first-order valence-corrected chi connectivity index (χ1v) is 8.45. The summed E-state index contributed by atoms with van der Waals surface area (Å²) in [4.78, 5) is 11.3. The van der Waals surface area contributed by atoms with E-state index in [9.17, 15) is 4.79 Å². The summed E-state index contributed by atoms with van der Waals surface area (Å²) in [5.74, 6) is 1.64. The van der Waals surface area contributed by atoms with Gasteiger partial charge in [-0.25, -0.2) is 0 Å². The van der Waals surface area contributed by atoms with Gasteiger partial charge in [-0.05, 0) is 41.1 Å². The highest BCUT2D eigenvalue weighted by Gasteiger charge is 2.13. The highest BCUT2D eigenvalue weighted by molar-refractivity contribution is 9.10. The number of rotatable bonds is 8. The Labute approximate surface area is 136 Å². The van der Waals surface area contributed by atoms with Crippen LogP contribution in [0.1, 0.15) is 6.92 Å². The second-order valence-corrected chi connectivity index (χ2v) is 6.30. The molecule has 1 rings (SSSR count). The lowest BCUT2D eigenvalue weighted by atomic mass is 10.3. The van der Waals surface area contributed by atoms with Crippen molar-refractivity contribution < 1.29 is 14.3 Å². The zero-order valence-electron chi connectivity index (χ0n) is 11.1. The van der Waals surface area contributed by atoms with Gasteiger partial charge in [0.1, 0.15) is 11.8 Å². The minimum atomic E-state index is -0.581. The highest BCUT2D eigenvalue weighted by Crippen LogP contribution is 2.28. The fourth-order valence-electron chi connectivity index (χ4n) is 1.33. The van der Waals surface area contributed by atoms with Gasteiger partial charge >= 0.3 is 5.97 Å². The number of hydrogen-bond acceptors (Lipinski definition) is 5. The van der Waals surface area contributed by atoms with Crippen LogP contribution >= 0.6 is 39.3 Å². The van der Waals surface area contributed by atoms with Crippen molar-refractivity contribution in [1.29, 1.82) is 0 Å². The number of thioether (sulfide) groups is 1. The monoisotopic (exact) mass is 381 g/mol. The first kappa shape index (κ1) is 17.6. The van der Waals surface area contributed by atoms with Crippen molar-refractivity contribution in [1.82, 2.24) is 0 Å². The predicted molar refractivity (Wildman–Crippen MR) is 86.6 cm³/mol. The number of halogens is 2. The van der Waals surface area contributed by atoms with E-state index in [4.69, 9.17) is 26.8 Å². The molecule has 0 saturated carbocycles. The van der Waals surface area contributed by atoms with E-state index >= 15 is 0 Å². The lowest BCUT2D eigenvalue weighted by Gasteiger charge is -2.11. The van der Waals surface area contributed by atoms with Gasteiger partial charge in [0.05, 0.1) is 17.7 Å². The van der Waals surface area contributed by atoms with E-state index < -0.39 is 6.04 Å². The van der Waals surface area contributed by atoms with E-state index in [0.29, 0.717) is 24.0 Å². The van der Waals surface area contributed by atoms with Crippen LogP contribution in [0.4, 0.5) is 0 Å². The molecule has 0 saturated heterocycles. The van der Waals surface area contributed by atoms with Crippen LogP contribution in [0.2, 0.25) is 5.02 Å². The van der Waals surface area contributed by atoms with Gasteiger partial charge in [0.15, 0.2) is 0 Å². The molecule has 0 amide bonds. The van der Waals surface area contributed by atoms with Gasteiger partial charge in [-0.3, -0.25) is 4.79 Å². The first-order chi connectivity index (χ1) is 9.54. The van der Waals surface area contributed by atoms with E-state index in [-0.39, 0.29) is 5.97 Å². The normalized spacial score (nSPS) is 12.0. The third-order valence-corrected chi connectivity index (χ3v) is 4.17. The van der Waals surface area contributed by atoms with Gasteiger partial charge in [-0.1, -0.05) is 11.6 Å². The van der Waals surface area contributed by atoms with Gasteiger partial charge < -0.3 is 15.2 Å². The zero-order valence-corrected chi connectivity index (χ0v) is 14.3. The molecule has 0 aliphatic carbocycles. The number of ether oxygens (including phenoxy) is 2. The van der Waals surface area contributed by atoms with E-state index in [1.165, 1.54) is 0 Å². The summed E-state index contributed by atoms with van der Waals surface area (Å²) in [6.45, 7) is 2.64. The molecule has 0 aliphatic heterocycles. The largest absolute Gasteiger partial charge is 0.492 e. The van der Waals surface area contributed by atoms with Gasteiger partial charge in [0.2, 0.25) is 0 Å². The molecule has 1 aromatic carbocycles. The molecule has 20 heavy (non-hydrogen) atoms. The van der Waals surface area contributed by atoms with Crippen LogP contribution in [-0.4, -0.2) is 36.7 Å². The smallest absolute Gasteiger partial charge is 0.323 e. The third kappa shape index (κ3) is 6.35. The molecule has 112 valence electrons. The second kappa shape index (κ2) is 9.50. The van der Waals surface area contributed by atoms with Crippen LogP contribution in [0.5, 0.6) is 5.75 Å². The number of carbonyl (C=O) groups excluding carboxylic acids is 1. The minimum absolute atomic E-state index is 0.352. The minimum Gasteiger partial charge on any atom is -0.492 e. The fourth-order valence-corrected chi connectivity index (χ4v) is 2.89. The molecule has 1 atom stereocenters. The summed E-state index contributed by atoms with van der Waals surface area (Å²) in [5, 5.41) is 0.652. The van der Waals surface area contributed by atoms with E-state index in [1.54, 1.807) is 36.9 Å². The molecule has 1 unspecified atom stereocenters. The lowest BCUT2D eigenvalue weighted by Crippen LogP contribution is -2.34. The number of nitrogens with two attached hydrogens (primary N) is 1. The molecule has 4 nitrogen and oxygen atoms in total. The summed E-state index contributed by atoms with van der Waals surface area (Å²) >= 11 is 10.8. The first-order valence-electron chi connectivity index (χ1n) is 6.12. The predicted octanol–water partition coefficient (Wildman–Crippen LogP) is 3.10. The van der Waals surface area contributed by atoms with Crippen LogP contribution in [0.25, 0.3) is 0 Å². The average molecular weight is 383 g/mol. The maximum atomic E-state index is 11.3.